The maximum absolute atomic E-state index is 10.2. The normalized spacial score (nSPS) is 20.3. The fourth-order valence-electron chi connectivity index (χ4n) is 3.35. The Labute approximate surface area is 157 Å². The van der Waals surface area contributed by atoms with Crippen molar-refractivity contribution in [1.82, 2.24) is 15.0 Å². The molecule has 2 fully saturated rings. The highest BCUT2D eigenvalue weighted by atomic mass is 16.5. The summed E-state index contributed by atoms with van der Waals surface area (Å²) >= 11 is 0. The molecule has 140 valence electrons. The quantitative estimate of drug-likeness (QED) is 0.752. The van der Waals surface area contributed by atoms with Crippen molar-refractivity contribution in [3.05, 3.63) is 23.5 Å². The smallest absolute Gasteiger partial charge is 0.238 e. The van der Waals surface area contributed by atoms with E-state index in [0.29, 0.717) is 17.5 Å². The molecular weight excluding hydrogens is 344 g/mol. The van der Waals surface area contributed by atoms with E-state index in [4.69, 9.17) is 4.74 Å². The summed E-state index contributed by atoms with van der Waals surface area (Å²) in [5.41, 5.74) is 3.49. The minimum atomic E-state index is -0.0139. The molecule has 0 amide bonds. The lowest BCUT2D eigenvalue weighted by molar-refractivity contribution is 0.122. The molecule has 1 saturated carbocycles. The van der Waals surface area contributed by atoms with Crippen LogP contribution in [-0.4, -0.2) is 59.1 Å². The van der Waals surface area contributed by atoms with Gasteiger partial charge in [-0.3, -0.25) is 0 Å². The first kappa shape index (κ1) is 16.3. The Morgan fingerprint density at radius 1 is 1.33 bits per heavy atom. The fraction of sp³-hybridized carbons (Fsp3) is 0.421. The molecular formula is C19H22N6O2. The predicted molar refractivity (Wildman–Crippen MR) is 105 cm³/mol. The number of hydrogen-bond donors (Lipinski definition) is 3. The Bertz CT molecular complexity index is 909. The van der Waals surface area contributed by atoms with Crippen molar-refractivity contribution in [3.63, 3.8) is 0 Å². The third kappa shape index (κ3) is 3.40. The number of imidazole rings is 1. The second-order valence-electron chi connectivity index (χ2n) is 7.17. The molecule has 5 rings (SSSR count). The number of allylic oxidation sites excluding steroid dienone is 1. The van der Waals surface area contributed by atoms with E-state index in [1.807, 2.05) is 12.3 Å². The Balaban J connectivity index is 1.39. The molecule has 3 N–H and O–H groups in total. The lowest BCUT2D eigenvalue weighted by Crippen LogP contribution is -2.36. The van der Waals surface area contributed by atoms with E-state index in [-0.39, 0.29) is 5.88 Å². The summed E-state index contributed by atoms with van der Waals surface area (Å²) in [4.78, 5) is 18.4. The maximum Gasteiger partial charge on any atom is 0.238 e. The minimum absolute atomic E-state index is 0.0139. The summed E-state index contributed by atoms with van der Waals surface area (Å²) < 4.78 is 5.42. The maximum atomic E-state index is 10.2. The van der Waals surface area contributed by atoms with Crippen LogP contribution < -0.4 is 10.2 Å². The fourth-order valence-corrected chi connectivity index (χ4v) is 3.35. The molecule has 1 saturated heterocycles. The Hall–Kier alpha value is -2.87. The molecule has 3 aliphatic rings. The van der Waals surface area contributed by atoms with E-state index in [1.165, 1.54) is 12.8 Å². The zero-order valence-electron chi connectivity index (χ0n) is 15.0. The number of nitrogens with zero attached hydrogens (tertiary/aromatic N) is 4. The SMILES string of the molecule is Oc1nc(NCC2CC2)[nH]c1C=C1C=Nc2ncc(N3CCOCC3)cc21. The van der Waals surface area contributed by atoms with Gasteiger partial charge in [0.05, 0.1) is 25.1 Å². The Morgan fingerprint density at radius 3 is 3.00 bits per heavy atom. The van der Waals surface area contributed by atoms with Crippen LogP contribution in [-0.2, 0) is 4.74 Å². The zero-order valence-corrected chi connectivity index (χ0v) is 15.0. The molecule has 2 aromatic heterocycles. The van der Waals surface area contributed by atoms with E-state index in [1.54, 1.807) is 6.21 Å². The molecule has 2 aliphatic heterocycles. The number of pyridine rings is 1. The van der Waals surface area contributed by atoms with Crippen LogP contribution in [0.1, 0.15) is 24.1 Å². The van der Waals surface area contributed by atoms with Crippen LogP contribution in [0.3, 0.4) is 0 Å². The van der Waals surface area contributed by atoms with Gasteiger partial charge in [0.1, 0.15) is 5.69 Å². The van der Waals surface area contributed by atoms with Crippen molar-refractivity contribution in [2.75, 3.05) is 43.1 Å². The number of rotatable bonds is 5. The third-order valence-corrected chi connectivity index (χ3v) is 5.13. The van der Waals surface area contributed by atoms with Crippen molar-refractivity contribution < 1.29 is 9.84 Å². The second kappa shape index (κ2) is 6.70. The average molecular weight is 366 g/mol. The number of aliphatic imine (C=N–C) groups is 1. The van der Waals surface area contributed by atoms with Gasteiger partial charge in [0, 0.05) is 37.0 Å². The van der Waals surface area contributed by atoms with Gasteiger partial charge in [0.15, 0.2) is 5.82 Å². The van der Waals surface area contributed by atoms with Gasteiger partial charge in [-0.05, 0) is 30.9 Å². The van der Waals surface area contributed by atoms with Crippen LogP contribution >= 0.6 is 0 Å². The molecule has 0 unspecified atom stereocenters. The van der Waals surface area contributed by atoms with Crippen molar-refractivity contribution in [2.24, 2.45) is 10.9 Å². The highest BCUT2D eigenvalue weighted by Crippen LogP contribution is 2.35. The van der Waals surface area contributed by atoms with Gasteiger partial charge >= 0.3 is 0 Å². The van der Waals surface area contributed by atoms with E-state index in [2.05, 4.69) is 36.2 Å². The molecule has 0 atom stereocenters. The topological polar surface area (TPSA) is 98.7 Å². The van der Waals surface area contributed by atoms with Crippen LogP contribution in [0.2, 0.25) is 0 Å². The Kier molecular flexibility index (Phi) is 4.05. The van der Waals surface area contributed by atoms with E-state index < -0.39 is 0 Å². The molecule has 2 aromatic rings. The highest BCUT2D eigenvalue weighted by Gasteiger charge is 2.22. The summed E-state index contributed by atoms with van der Waals surface area (Å²) in [6.07, 6.45) is 8.03. The summed E-state index contributed by atoms with van der Waals surface area (Å²) in [6.45, 7) is 4.07. The van der Waals surface area contributed by atoms with Gasteiger partial charge in [-0.15, -0.1) is 0 Å². The highest BCUT2D eigenvalue weighted by molar-refractivity contribution is 6.21. The van der Waals surface area contributed by atoms with Gasteiger partial charge in [-0.2, -0.15) is 4.98 Å². The molecule has 0 radical (unpaired) electrons. The Morgan fingerprint density at radius 2 is 2.19 bits per heavy atom. The van der Waals surface area contributed by atoms with Gasteiger partial charge < -0.3 is 25.0 Å². The molecule has 0 aromatic carbocycles. The number of fused-ring (bicyclic) bond motifs is 1. The van der Waals surface area contributed by atoms with Crippen LogP contribution in [0, 0.1) is 5.92 Å². The van der Waals surface area contributed by atoms with Crippen LogP contribution in [0.25, 0.3) is 11.6 Å². The number of H-pyrrole nitrogens is 1. The number of aromatic nitrogens is 3. The van der Waals surface area contributed by atoms with E-state index in [9.17, 15) is 5.11 Å². The summed E-state index contributed by atoms with van der Waals surface area (Å²) in [5.74, 6) is 2.02. The predicted octanol–water partition coefficient (Wildman–Crippen LogP) is 2.43. The molecule has 8 nitrogen and oxygen atoms in total. The monoisotopic (exact) mass is 366 g/mol. The lowest BCUT2D eigenvalue weighted by Gasteiger charge is -2.28. The standard InChI is InChI=1S/C19H22N6O2/c26-18-16(23-19(24-18)22-9-12-1-2-12)7-13-10-20-17-15(13)8-14(11-21-17)25-3-5-27-6-4-25/h7-8,10-12,26H,1-6,9H2,(H2,22,23,24). The molecule has 1 aliphatic carbocycles. The van der Waals surface area contributed by atoms with E-state index >= 15 is 0 Å². The third-order valence-electron chi connectivity index (χ3n) is 5.13. The van der Waals surface area contributed by atoms with Gasteiger partial charge in [-0.1, -0.05) is 0 Å². The first-order valence-corrected chi connectivity index (χ1v) is 9.38. The number of anilines is 2. The van der Waals surface area contributed by atoms with Crippen LogP contribution in [0.4, 0.5) is 17.5 Å². The van der Waals surface area contributed by atoms with Crippen molar-refractivity contribution in [2.45, 2.75) is 12.8 Å². The molecule has 0 spiro atoms. The number of aromatic amines is 1. The molecule has 8 heteroatoms. The lowest BCUT2D eigenvalue weighted by atomic mass is 10.1. The largest absolute Gasteiger partial charge is 0.492 e. The molecule has 0 bridgehead atoms. The number of ether oxygens (including phenoxy) is 1. The van der Waals surface area contributed by atoms with Gasteiger partial charge in [0.25, 0.3) is 0 Å². The number of aromatic hydroxyl groups is 1. The molecule has 27 heavy (non-hydrogen) atoms. The summed E-state index contributed by atoms with van der Waals surface area (Å²) in [7, 11) is 0. The van der Waals surface area contributed by atoms with E-state index in [0.717, 1.165) is 55.6 Å². The van der Waals surface area contributed by atoms with Crippen LogP contribution in [0.5, 0.6) is 5.88 Å². The van der Waals surface area contributed by atoms with Gasteiger partial charge in [0.2, 0.25) is 11.8 Å². The van der Waals surface area contributed by atoms with Crippen molar-refractivity contribution in [1.29, 1.82) is 0 Å². The summed E-state index contributed by atoms with van der Waals surface area (Å²) in [6, 6.07) is 2.10. The number of nitrogens with one attached hydrogen (secondary N) is 2. The van der Waals surface area contributed by atoms with Crippen LogP contribution in [0.15, 0.2) is 17.3 Å². The number of morpholine rings is 1. The average Bonchev–Trinajstić information content (AvgIpc) is 3.36. The first-order valence-electron chi connectivity index (χ1n) is 9.38. The zero-order chi connectivity index (χ0) is 18.2. The second-order valence-corrected chi connectivity index (χ2v) is 7.17. The molecule has 4 heterocycles. The number of hydrogen-bond acceptors (Lipinski definition) is 7. The van der Waals surface area contributed by atoms with Gasteiger partial charge in [-0.25, -0.2) is 9.98 Å². The van der Waals surface area contributed by atoms with Crippen molar-refractivity contribution in [3.8, 4) is 5.88 Å². The summed E-state index contributed by atoms with van der Waals surface area (Å²) in [5, 5.41) is 13.4. The minimum Gasteiger partial charge on any atom is -0.492 e. The van der Waals surface area contributed by atoms with Crippen molar-refractivity contribution >= 4 is 35.3 Å². The first-order chi connectivity index (χ1) is 13.3.